The highest BCUT2D eigenvalue weighted by molar-refractivity contribution is 6.38. The van der Waals surface area contributed by atoms with E-state index in [1.807, 2.05) is 36.4 Å². The summed E-state index contributed by atoms with van der Waals surface area (Å²) in [5.41, 5.74) is 0. The molecule has 0 aromatic heterocycles. The molecule has 3 rings (SSSR count). The van der Waals surface area contributed by atoms with E-state index in [2.05, 4.69) is 6.07 Å². The first kappa shape index (κ1) is 12.1. The lowest BCUT2D eigenvalue weighted by Gasteiger charge is -2.12. The zero-order valence-electron chi connectivity index (χ0n) is 10.7. The van der Waals surface area contributed by atoms with Crippen molar-refractivity contribution < 1.29 is 9.47 Å². The van der Waals surface area contributed by atoms with Crippen molar-refractivity contribution in [3.05, 3.63) is 47.5 Å². The normalized spacial score (nSPS) is 10.9. The van der Waals surface area contributed by atoms with Gasteiger partial charge in [-0.1, -0.05) is 35.9 Å². The molecule has 0 aliphatic rings. The van der Waals surface area contributed by atoms with E-state index in [0.29, 0.717) is 5.02 Å². The van der Waals surface area contributed by atoms with E-state index in [0.717, 1.165) is 33.0 Å². The Morgan fingerprint density at radius 3 is 2.42 bits per heavy atom. The smallest absolute Gasteiger partial charge is 0.131 e. The second-order valence-corrected chi connectivity index (χ2v) is 4.74. The molecule has 0 aliphatic carbocycles. The molecule has 0 bridgehead atoms. The minimum absolute atomic E-state index is 0.688. The molecule has 3 aromatic carbocycles. The quantitative estimate of drug-likeness (QED) is 0.632. The Bertz CT molecular complexity index is 765. The van der Waals surface area contributed by atoms with Crippen molar-refractivity contribution in [1.29, 1.82) is 0 Å². The summed E-state index contributed by atoms with van der Waals surface area (Å²) in [6.45, 7) is 0. The Hall–Kier alpha value is -1.93. The second kappa shape index (κ2) is 4.63. The van der Waals surface area contributed by atoms with E-state index in [9.17, 15) is 0 Å². The van der Waals surface area contributed by atoms with Gasteiger partial charge in [-0.15, -0.1) is 0 Å². The van der Waals surface area contributed by atoms with Crippen LogP contribution in [0.15, 0.2) is 42.5 Å². The van der Waals surface area contributed by atoms with Crippen molar-refractivity contribution in [3.63, 3.8) is 0 Å². The van der Waals surface area contributed by atoms with Crippen LogP contribution in [0.25, 0.3) is 21.5 Å². The van der Waals surface area contributed by atoms with Gasteiger partial charge in [-0.3, -0.25) is 0 Å². The Morgan fingerprint density at radius 1 is 0.895 bits per heavy atom. The average molecular weight is 273 g/mol. The first-order valence-electron chi connectivity index (χ1n) is 5.97. The van der Waals surface area contributed by atoms with E-state index in [4.69, 9.17) is 21.1 Å². The fraction of sp³-hybridized carbons (Fsp3) is 0.125. The minimum atomic E-state index is 0.688. The third kappa shape index (κ3) is 1.89. The lowest BCUT2D eigenvalue weighted by molar-refractivity contribution is 0.398. The van der Waals surface area contributed by atoms with Crippen LogP contribution in [0.3, 0.4) is 0 Å². The van der Waals surface area contributed by atoms with Gasteiger partial charge in [0, 0.05) is 11.5 Å². The van der Waals surface area contributed by atoms with Gasteiger partial charge >= 0.3 is 0 Å². The van der Waals surface area contributed by atoms with Crippen LogP contribution in [0.1, 0.15) is 0 Å². The molecule has 0 N–H and O–H groups in total. The second-order valence-electron chi connectivity index (χ2n) is 4.33. The van der Waals surface area contributed by atoms with Gasteiger partial charge in [-0.2, -0.15) is 0 Å². The summed E-state index contributed by atoms with van der Waals surface area (Å²) in [6, 6.07) is 14.0. The molecule has 0 aliphatic heterocycles. The maximum Gasteiger partial charge on any atom is 0.131 e. The first-order chi connectivity index (χ1) is 9.24. The van der Waals surface area contributed by atoms with Gasteiger partial charge in [-0.05, 0) is 28.3 Å². The molecule has 0 spiro atoms. The number of fused-ring (bicyclic) bond motifs is 3. The molecule has 3 heteroatoms. The van der Waals surface area contributed by atoms with Crippen molar-refractivity contribution in [3.8, 4) is 11.5 Å². The van der Waals surface area contributed by atoms with Crippen LogP contribution in [0.4, 0.5) is 0 Å². The summed E-state index contributed by atoms with van der Waals surface area (Å²) in [4.78, 5) is 0. The number of methoxy groups -OCH3 is 2. The lowest BCUT2D eigenvalue weighted by Crippen LogP contribution is -1.90. The summed E-state index contributed by atoms with van der Waals surface area (Å²) in [6.07, 6.45) is 0. The monoisotopic (exact) mass is 272 g/mol. The largest absolute Gasteiger partial charge is 0.497 e. The van der Waals surface area contributed by atoms with Gasteiger partial charge < -0.3 is 9.47 Å². The van der Waals surface area contributed by atoms with Crippen molar-refractivity contribution in [2.75, 3.05) is 14.2 Å². The average Bonchev–Trinajstić information content (AvgIpc) is 2.46. The van der Waals surface area contributed by atoms with Crippen LogP contribution in [-0.2, 0) is 0 Å². The van der Waals surface area contributed by atoms with Crippen molar-refractivity contribution in [2.45, 2.75) is 0 Å². The SMILES string of the molecule is COc1cc(OC)c2c(Cl)cc3ccccc3c2c1. The zero-order valence-corrected chi connectivity index (χ0v) is 11.5. The molecule has 0 atom stereocenters. The molecular formula is C16H13ClO2. The van der Waals surface area contributed by atoms with Gasteiger partial charge in [0.25, 0.3) is 0 Å². The molecule has 3 aromatic rings. The molecular weight excluding hydrogens is 260 g/mol. The zero-order chi connectivity index (χ0) is 13.4. The van der Waals surface area contributed by atoms with Crippen LogP contribution in [0.5, 0.6) is 11.5 Å². The minimum Gasteiger partial charge on any atom is -0.497 e. The Balaban J connectivity index is 2.55. The molecule has 2 nitrogen and oxygen atoms in total. The number of hydrogen-bond donors (Lipinski definition) is 0. The first-order valence-corrected chi connectivity index (χ1v) is 6.35. The number of halogens is 1. The van der Waals surface area contributed by atoms with Crippen molar-refractivity contribution >= 4 is 33.1 Å². The van der Waals surface area contributed by atoms with Gasteiger partial charge in [0.15, 0.2) is 0 Å². The molecule has 0 fully saturated rings. The van der Waals surface area contributed by atoms with Crippen LogP contribution >= 0.6 is 11.6 Å². The predicted molar refractivity (Wildman–Crippen MR) is 79.6 cm³/mol. The van der Waals surface area contributed by atoms with Crippen molar-refractivity contribution in [1.82, 2.24) is 0 Å². The summed E-state index contributed by atoms with van der Waals surface area (Å²) in [5, 5.41) is 4.89. The maximum atomic E-state index is 6.39. The summed E-state index contributed by atoms with van der Waals surface area (Å²) >= 11 is 6.39. The predicted octanol–water partition coefficient (Wildman–Crippen LogP) is 4.66. The maximum absolute atomic E-state index is 6.39. The number of rotatable bonds is 2. The fourth-order valence-corrected chi connectivity index (χ4v) is 2.72. The molecule has 0 saturated carbocycles. The van der Waals surface area contributed by atoms with Gasteiger partial charge in [0.05, 0.1) is 19.2 Å². The topological polar surface area (TPSA) is 18.5 Å². The number of hydrogen-bond acceptors (Lipinski definition) is 2. The summed E-state index contributed by atoms with van der Waals surface area (Å²) < 4.78 is 10.8. The number of benzene rings is 3. The Labute approximate surface area is 116 Å². The van der Waals surface area contributed by atoms with Crippen LogP contribution in [0, 0.1) is 0 Å². The van der Waals surface area contributed by atoms with E-state index < -0.39 is 0 Å². The van der Waals surface area contributed by atoms with Gasteiger partial charge in [-0.25, -0.2) is 0 Å². The van der Waals surface area contributed by atoms with Crippen LogP contribution in [0.2, 0.25) is 5.02 Å². The Kier molecular flexibility index (Phi) is 2.96. The van der Waals surface area contributed by atoms with E-state index >= 15 is 0 Å². The van der Waals surface area contributed by atoms with Gasteiger partial charge in [0.1, 0.15) is 11.5 Å². The third-order valence-electron chi connectivity index (χ3n) is 3.30. The third-order valence-corrected chi connectivity index (χ3v) is 3.60. The van der Waals surface area contributed by atoms with E-state index in [1.54, 1.807) is 14.2 Å². The van der Waals surface area contributed by atoms with Gasteiger partial charge in [0.2, 0.25) is 0 Å². The summed E-state index contributed by atoms with van der Waals surface area (Å²) in [7, 11) is 3.28. The fourth-order valence-electron chi connectivity index (χ4n) is 2.40. The van der Waals surface area contributed by atoms with E-state index in [1.165, 1.54) is 0 Å². The Morgan fingerprint density at radius 2 is 1.68 bits per heavy atom. The molecule has 0 amide bonds. The van der Waals surface area contributed by atoms with Crippen LogP contribution in [-0.4, -0.2) is 14.2 Å². The highest BCUT2D eigenvalue weighted by atomic mass is 35.5. The van der Waals surface area contributed by atoms with Crippen molar-refractivity contribution in [2.24, 2.45) is 0 Å². The molecule has 0 saturated heterocycles. The molecule has 96 valence electrons. The molecule has 19 heavy (non-hydrogen) atoms. The van der Waals surface area contributed by atoms with Crippen LogP contribution < -0.4 is 9.47 Å². The van der Waals surface area contributed by atoms with E-state index in [-0.39, 0.29) is 0 Å². The highest BCUT2D eigenvalue weighted by Crippen LogP contribution is 2.40. The lowest BCUT2D eigenvalue weighted by atomic mass is 10.0. The highest BCUT2D eigenvalue weighted by Gasteiger charge is 2.12. The molecule has 0 unspecified atom stereocenters. The molecule has 0 radical (unpaired) electrons. The number of ether oxygens (including phenoxy) is 2. The standard InChI is InChI=1S/C16H13ClO2/c1-18-11-8-13-12-6-4-3-5-10(12)7-14(17)16(13)15(9-11)19-2/h3-9H,1-2H3. The molecule has 0 heterocycles. The summed E-state index contributed by atoms with van der Waals surface area (Å²) in [5.74, 6) is 1.49.